The summed E-state index contributed by atoms with van der Waals surface area (Å²) in [5.74, 6) is 0. The van der Waals surface area contributed by atoms with Crippen LogP contribution in [0.2, 0.25) is 0 Å². The topological polar surface area (TPSA) is 24.5 Å². The predicted octanol–water partition coefficient (Wildman–Crippen LogP) is 2.84. The summed E-state index contributed by atoms with van der Waals surface area (Å²) in [7, 11) is 2.20. The smallest absolute Gasteiger partial charge is 0.0720 e. The summed E-state index contributed by atoms with van der Waals surface area (Å²) in [5, 5.41) is 3.48. The molecule has 0 heterocycles. The van der Waals surface area contributed by atoms with Gasteiger partial charge in [0.2, 0.25) is 0 Å². The Kier molecular flexibility index (Phi) is 6.68. The molecule has 1 N–H and O–H groups in total. The lowest BCUT2D eigenvalue weighted by Crippen LogP contribution is -2.26. The highest BCUT2D eigenvalue weighted by Gasteiger charge is 2.25. The fraction of sp³-hybridized carbons (Fsp3) is 0.667. The summed E-state index contributed by atoms with van der Waals surface area (Å²) in [6.45, 7) is 8.00. The Morgan fingerprint density at radius 1 is 1.24 bits per heavy atom. The third-order valence-electron chi connectivity index (χ3n) is 4.08. The molecule has 1 aromatic rings. The number of hydrogen-bond acceptors (Lipinski definition) is 3. The highest BCUT2D eigenvalue weighted by molar-refractivity contribution is 5.26. The van der Waals surface area contributed by atoms with Crippen molar-refractivity contribution in [3.05, 3.63) is 35.4 Å². The molecule has 0 radical (unpaired) electrons. The van der Waals surface area contributed by atoms with Crippen LogP contribution < -0.4 is 5.32 Å². The molecule has 1 aliphatic carbocycles. The zero-order valence-corrected chi connectivity index (χ0v) is 13.8. The number of rotatable bonds is 10. The van der Waals surface area contributed by atoms with Gasteiger partial charge < -0.3 is 15.0 Å². The Morgan fingerprint density at radius 2 is 1.95 bits per heavy atom. The van der Waals surface area contributed by atoms with Crippen LogP contribution in [0.15, 0.2) is 24.3 Å². The van der Waals surface area contributed by atoms with Crippen molar-refractivity contribution >= 4 is 0 Å². The Labute approximate surface area is 129 Å². The first kappa shape index (κ1) is 16.5. The van der Waals surface area contributed by atoms with E-state index in [1.54, 1.807) is 0 Å². The predicted molar refractivity (Wildman–Crippen MR) is 88.6 cm³/mol. The van der Waals surface area contributed by atoms with Crippen LogP contribution in [0, 0.1) is 0 Å². The Balaban J connectivity index is 1.71. The first-order valence-electron chi connectivity index (χ1n) is 8.25. The molecule has 3 nitrogen and oxygen atoms in total. The van der Waals surface area contributed by atoms with Gasteiger partial charge in [-0.3, -0.25) is 0 Å². The number of nitrogens with zero attached hydrogens (tertiary/aromatic N) is 1. The van der Waals surface area contributed by atoms with Crippen molar-refractivity contribution in [1.29, 1.82) is 0 Å². The molecular weight excluding hydrogens is 260 g/mol. The minimum absolute atomic E-state index is 0.548. The lowest BCUT2D eigenvalue weighted by molar-refractivity contribution is 0.0974. The van der Waals surface area contributed by atoms with Crippen molar-refractivity contribution in [3.8, 4) is 0 Å². The molecule has 118 valence electrons. The minimum atomic E-state index is 0.548. The van der Waals surface area contributed by atoms with E-state index in [0.29, 0.717) is 6.04 Å². The van der Waals surface area contributed by atoms with E-state index in [1.807, 2.05) is 0 Å². The quantitative estimate of drug-likeness (QED) is 0.671. The summed E-state index contributed by atoms with van der Waals surface area (Å²) in [6, 6.07) is 10.0. The van der Waals surface area contributed by atoms with Crippen LogP contribution in [-0.4, -0.2) is 43.7 Å². The summed E-state index contributed by atoms with van der Waals surface area (Å²) in [6.07, 6.45) is 3.80. The average molecular weight is 290 g/mol. The van der Waals surface area contributed by atoms with Gasteiger partial charge in [0.05, 0.1) is 13.2 Å². The minimum Gasteiger partial charge on any atom is -0.375 e. The number of ether oxygens (including phenoxy) is 1. The number of nitrogens with one attached hydrogen (secondary N) is 1. The number of likely N-dealkylation sites (N-methyl/N-ethyl adjacent to an activating group) is 1. The molecule has 1 fully saturated rings. The van der Waals surface area contributed by atoms with E-state index in [0.717, 1.165) is 38.8 Å². The molecule has 0 amide bonds. The van der Waals surface area contributed by atoms with E-state index in [9.17, 15) is 0 Å². The second-order valence-corrected chi connectivity index (χ2v) is 6.39. The van der Waals surface area contributed by atoms with Crippen molar-refractivity contribution in [2.75, 3.05) is 26.7 Å². The standard InChI is InChI=1S/C18H30N2O/c1-15(2)19-11-10-16-6-4-5-7-17(16)14-21-13-12-20(3)18-8-9-18/h4-7,15,18-19H,8-14H2,1-3H3. The molecule has 0 aliphatic heterocycles. The molecule has 0 aromatic heterocycles. The SMILES string of the molecule is CC(C)NCCc1ccccc1COCCN(C)C1CC1. The first-order valence-corrected chi connectivity index (χ1v) is 8.25. The zero-order chi connectivity index (χ0) is 15.1. The van der Waals surface area contributed by atoms with Gasteiger partial charge in [-0.15, -0.1) is 0 Å². The Morgan fingerprint density at radius 3 is 2.62 bits per heavy atom. The van der Waals surface area contributed by atoms with Gasteiger partial charge in [-0.1, -0.05) is 38.1 Å². The average Bonchev–Trinajstić information content (AvgIpc) is 3.29. The molecule has 0 saturated heterocycles. The van der Waals surface area contributed by atoms with Gasteiger partial charge in [-0.25, -0.2) is 0 Å². The molecule has 0 atom stereocenters. The van der Waals surface area contributed by atoms with E-state index >= 15 is 0 Å². The van der Waals surface area contributed by atoms with Gasteiger partial charge in [-0.2, -0.15) is 0 Å². The number of hydrogen-bond donors (Lipinski definition) is 1. The highest BCUT2D eigenvalue weighted by atomic mass is 16.5. The molecule has 1 saturated carbocycles. The van der Waals surface area contributed by atoms with Crippen LogP contribution in [0.1, 0.15) is 37.8 Å². The van der Waals surface area contributed by atoms with E-state index < -0.39 is 0 Å². The van der Waals surface area contributed by atoms with Crippen molar-refractivity contribution in [3.63, 3.8) is 0 Å². The lowest BCUT2D eigenvalue weighted by atomic mass is 10.1. The maximum absolute atomic E-state index is 5.87. The van der Waals surface area contributed by atoms with Gasteiger partial charge in [-0.05, 0) is 44.0 Å². The zero-order valence-electron chi connectivity index (χ0n) is 13.8. The van der Waals surface area contributed by atoms with Crippen LogP contribution in [0.25, 0.3) is 0 Å². The molecule has 2 rings (SSSR count). The lowest BCUT2D eigenvalue weighted by Gasteiger charge is -2.16. The van der Waals surface area contributed by atoms with Crippen LogP contribution in [-0.2, 0) is 17.8 Å². The van der Waals surface area contributed by atoms with Gasteiger partial charge in [0, 0.05) is 18.6 Å². The number of benzene rings is 1. The third kappa shape index (κ3) is 6.16. The summed E-state index contributed by atoms with van der Waals surface area (Å²) in [4.78, 5) is 2.42. The van der Waals surface area contributed by atoms with Crippen molar-refractivity contribution in [2.24, 2.45) is 0 Å². The summed E-state index contributed by atoms with van der Waals surface area (Å²) < 4.78 is 5.87. The van der Waals surface area contributed by atoms with E-state index in [2.05, 4.69) is 55.4 Å². The largest absolute Gasteiger partial charge is 0.375 e. The Bertz CT molecular complexity index is 415. The van der Waals surface area contributed by atoms with Gasteiger partial charge in [0.25, 0.3) is 0 Å². The van der Waals surface area contributed by atoms with Crippen molar-refractivity contribution in [1.82, 2.24) is 10.2 Å². The van der Waals surface area contributed by atoms with Gasteiger partial charge in [0.1, 0.15) is 0 Å². The fourth-order valence-corrected chi connectivity index (χ4v) is 2.53. The van der Waals surface area contributed by atoms with E-state index in [1.165, 1.54) is 24.0 Å². The Hall–Kier alpha value is -0.900. The van der Waals surface area contributed by atoms with Gasteiger partial charge in [0.15, 0.2) is 0 Å². The second kappa shape index (κ2) is 8.52. The molecule has 0 unspecified atom stereocenters. The third-order valence-corrected chi connectivity index (χ3v) is 4.08. The molecule has 1 aromatic carbocycles. The van der Waals surface area contributed by atoms with E-state index in [4.69, 9.17) is 4.74 Å². The summed E-state index contributed by atoms with van der Waals surface area (Å²) >= 11 is 0. The molecule has 0 spiro atoms. The van der Waals surface area contributed by atoms with Crippen molar-refractivity contribution < 1.29 is 4.74 Å². The van der Waals surface area contributed by atoms with Crippen LogP contribution in [0.3, 0.4) is 0 Å². The monoisotopic (exact) mass is 290 g/mol. The summed E-state index contributed by atoms with van der Waals surface area (Å²) in [5.41, 5.74) is 2.73. The van der Waals surface area contributed by atoms with Crippen LogP contribution in [0.4, 0.5) is 0 Å². The molecule has 3 heteroatoms. The first-order chi connectivity index (χ1) is 10.2. The molecular formula is C18H30N2O. The fourth-order valence-electron chi connectivity index (χ4n) is 2.53. The maximum atomic E-state index is 5.87. The molecule has 21 heavy (non-hydrogen) atoms. The maximum Gasteiger partial charge on any atom is 0.0720 e. The van der Waals surface area contributed by atoms with Crippen LogP contribution in [0.5, 0.6) is 0 Å². The van der Waals surface area contributed by atoms with E-state index in [-0.39, 0.29) is 0 Å². The van der Waals surface area contributed by atoms with Crippen molar-refractivity contribution in [2.45, 2.75) is 51.8 Å². The molecule has 1 aliphatic rings. The normalized spacial score (nSPS) is 15.1. The second-order valence-electron chi connectivity index (χ2n) is 6.39. The van der Waals surface area contributed by atoms with Gasteiger partial charge >= 0.3 is 0 Å². The highest BCUT2D eigenvalue weighted by Crippen LogP contribution is 2.24. The molecule has 0 bridgehead atoms. The van der Waals surface area contributed by atoms with Crippen LogP contribution >= 0.6 is 0 Å².